The molecule has 2 aromatic carbocycles. The molecule has 6 heteroatoms. The Labute approximate surface area is 139 Å². The predicted octanol–water partition coefficient (Wildman–Crippen LogP) is 2.48. The first-order valence-corrected chi connectivity index (χ1v) is 7.51. The van der Waals surface area contributed by atoms with E-state index in [1.807, 2.05) is 25.1 Å². The van der Waals surface area contributed by atoms with Crippen LogP contribution in [0.1, 0.15) is 28.4 Å². The number of hydrogen-bond acceptors (Lipinski definition) is 4. The molecule has 1 aliphatic heterocycles. The molecule has 2 aromatic rings. The average Bonchev–Trinajstić information content (AvgIpc) is 2.59. The predicted molar refractivity (Wildman–Crippen MR) is 91.4 cm³/mol. The minimum Gasteiger partial charge on any atom is -0.482 e. The van der Waals surface area contributed by atoms with Crippen molar-refractivity contribution in [1.82, 2.24) is 5.43 Å². The van der Waals surface area contributed by atoms with Gasteiger partial charge in [0.05, 0.1) is 11.4 Å². The molecule has 0 radical (unpaired) electrons. The third-order valence-electron chi connectivity index (χ3n) is 3.67. The van der Waals surface area contributed by atoms with E-state index in [-0.39, 0.29) is 18.4 Å². The van der Waals surface area contributed by atoms with Gasteiger partial charge in [-0.2, -0.15) is 5.10 Å². The lowest BCUT2D eigenvalue weighted by Gasteiger charge is -2.18. The number of anilines is 1. The third-order valence-corrected chi connectivity index (χ3v) is 3.67. The maximum atomic E-state index is 12.1. The summed E-state index contributed by atoms with van der Waals surface area (Å²) in [5, 5.41) is 6.87. The highest BCUT2D eigenvalue weighted by molar-refractivity contribution is 6.03. The molecular weight excluding hydrogens is 306 g/mol. The van der Waals surface area contributed by atoms with Gasteiger partial charge in [-0.15, -0.1) is 0 Å². The van der Waals surface area contributed by atoms with Crippen molar-refractivity contribution in [3.63, 3.8) is 0 Å². The maximum Gasteiger partial charge on any atom is 0.271 e. The Bertz CT molecular complexity index is 826. The zero-order chi connectivity index (χ0) is 17.1. The fourth-order valence-corrected chi connectivity index (χ4v) is 2.28. The number of fused-ring (bicyclic) bond motifs is 1. The molecule has 3 rings (SSSR count). The molecule has 2 amide bonds. The first-order valence-electron chi connectivity index (χ1n) is 7.51. The van der Waals surface area contributed by atoms with Gasteiger partial charge in [-0.3, -0.25) is 9.59 Å². The van der Waals surface area contributed by atoms with E-state index in [4.69, 9.17) is 4.74 Å². The molecule has 0 spiro atoms. The Morgan fingerprint density at radius 1 is 1.17 bits per heavy atom. The van der Waals surface area contributed by atoms with Gasteiger partial charge in [0.2, 0.25) is 0 Å². The number of nitrogens with zero attached hydrogens (tertiary/aromatic N) is 1. The molecule has 1 aliphatic rings. The minimum atomic E-state index is -0.274. The zero-order valence-corrected chi connectivity index (χ0v) is 13.4. The summed E-state index contributed by atoms with van der Waals surface area (Å²) in [6, 6.07) is 12.6. The zero-order valence-electron chi connectivity index (χ0n) is 13.4. The summed E-state index contributed by atoms with van der Waals surface area (Å²) in [6.45, 7) is 3.76. The Morgan fingerprint density at radius 2 is 1.88 bits per heavy atom. The topological polar surface area (TPSA) is 79.8 Å². The van der Waals surface area contributed by atoms with Crippen molar-refractivity contribution in [2.24, 2.45) is 5.10 Å². The number of hydrogen-bond donors (Lipinski definition) is 2. The molecule has 0 saturated carbocycles. The summed E-state index contributed by atoms with van der Waals surface area (Å²) in [7, 11) is 0. The standard InChI is InChI=1S/C18H17N3O3/c1-11-3-5-13(6-4-11)18(23)21-20-12(2)14-7-8-16-15(9-14)19-17(22)10-24-16/h3-9H,10H2,1-2H3,(H,19,22)(H,21,23)/b20-12-. The number of amides is 2. The molecule has 0 aliphatic carbocycles. The lowest BCUT2D eigenvalue weighted by Crippen LogP contribution is -2.25. The van der Waals surface area contributed by atoms with Crippen LogP contribution in [-0.2, 0) is 4.79 Å². The number of rotatable bonds is 3. The lowest BCUT2D eigenvalue weighted by atomic mass is 10.1. The number of nitrogens with one attached hydrogen (secondary N) is 2. The van der Waals surface area contributed by atoms with E-state index in [0.29, 0.717) is 22.7 Å². The summed E-state index contributed by atoms with van der Waals surface area (Å²) in [4.78, 5) is 23.5. The monoisotopic (exact) mass is 323 g/mol. The van der Waals surface area contributed by atoms with E-state index < -0.39 is 0 Å². The van der Waals surface area contributed by atoms with Crippen molar-refractivity contribution in [3.05, 3.63) is 59.2 Å². The molecule has 0 saturated heterocycles. The van der Waals surface area contributed by atoms with Crippen LogP contribution in [0.15, 0.2) is 47.6 Å². The van der Waals surface area contributed by atoms with Crippen LogP contribution >= 0.6 is 0 Å². The van der Waals surface area contributed by atoms with E-state index >= 15 is 0 Å². The molecule has 0 atom stereocenters. The van der Waals surface area contributed by atoms with E-state index in [9.17, 15) is 9.59 Å². The second-order valence-electron chi connectivity index (χ2n) is 5.55. The van der Waals surface area contributed by atoms with Gasteiger partial charge in [0, 0.05) is 5.56 Å². The van der Waals surface area contributed by atoms with Crippen LogP contribution in [0.2, 0.25) is 0 Å². The van der Waals surface area contributed by atoms with Gasteiger partial charge in [-0.1, -0.05) is 17.7 Å². The second kappa shape index (κ2) is 6.54. The molecule has 1 heterocycles. The molecule has 2 N–H and O–H groups in total. The Balaban J connectivity index is 1.74. The van der Waals surface area contributed by atoms with Crippen molar-refractivity contribution >= 4 is 23.2 Å². The highest BCUT2D eigenvalue weighted by Crippen LogP contribution is 2.28. The normalized spacial score (nSPS) is 13.6. The molecule has 122 valence electrons. The molecule has 6 nitrogen and oxygen atoms in total. The van der Waals surface area contributed by atoms with E-state index in [1.54, 1.807) is 31.2 Å². The summed E-state index contributed by atoms with van der Waals surface area (Å²) in [5.41, 5.74) is 6.17. The number of aryl methyl sites for hydroxylation is 1. The van der Waals surface area contributed by atoms with E-state index in [0.717, 1.165) is 11.1 Å². The average molecular weight is 323 g/mol. The van der Waals surface area contributed by atoms with Crippen LogP contribution in [0.3, 0.4) is 0 Å². The first-order chi connectivity index (χ1) is 11.5. The fraction of sp³-hybridized carbons (Fsp3) is 0.167. The largest absolute Gasteiger partial charge is 0.482 e. The van der Waals surface area contributed by atoms with Crippen LogP contribution in [-0.4, -0.2) is 24.1 Å². The van der Waals surface area contributed by atoms with Gasteiger partial charge >= 0.3 is 0 Å². The van der Waals surface area contributed by atoms with Gasteiger partial charge in [0.1, 0.15) is 5.75 Å². The van der Waals surface area contributed by atoms with Crippen molar-refractivity contribution in [3.8, 4) is 5.75 Å². The highest BCUT2D eigenvalue weighted by Gasteiger charge is 2.16. The Kier molecular flexibility index (Phi) is 4.29. The first kappa shape index (κ1) is 15.7. The molecular formula is C18H17N3O3. The van der Waals surface area contributed by atoms with Crippen LogP contribution in [0, 0.1) is 6.92 Å². The number of hydrazone groups is 1. The van der Waals surface area contributed by atoms with Crippen molar-refractivity contribution in [2.45, 2.75) is 13.8 Å². The van der Waals surface area contributed by atoms with E-state index in [2.05, 4.69) is 15.8 Å². The second-order valence-corrected chi connectivity index (χ2v) is 5.55. The SMILES string of the molecule is C/C(=N/NC(=O)c1ccc(C)cc1)c1ccc2c(c1)NC(=O)CO2. The highest BCUT2D eigenvalue weighted by atomic mass is 16.5. The fourth-order valence-electron chi connectivity index (χ4n) is 2.28. The van der Waals surface area contributed by atoms with Gasteiger partial charge in [0.15, 0.2) is 6.61 Å². The van der Waals surface area contributed by atoms with Gasteiger partial charge in [-0.25, -0.2) is 5.43 Å². The van der Waals surface area contributed by atoms with Crippen LogP contribution in [0.5, 0.6) is 5.75 Å². The number of carbonyl (C=O) groups excluding carboxylic acids is 2. The quantitative estimate of drug-likeness (QED) is 0.673. The van der Waals surface area contributed by atoms with Gasteiger partial charge < -0.3 is 10.1 Å². The van der Waals surface area contributed by atoms with Crippen LogP contribution in [0.25, 0.3) is 0 Å². The molecule has 0 fully saturated rings. The molecule has 0 unspecified atom stereocenters. The van der Waals surface area contributed by atoms with Crippen molar-refractivity contribution < 1.29 is 14.3 Å². The number of ether oxygens (including phenoxy) is 1. The van der Waals surface area contributed by atoms with Crippen LogP contribution < -0.4 is 15.5 Å². The maximum absolute atomic E-state index is 12.1. The minimum absolute atomic E-state index is 0.0199. The van der Waals surface area contributed by atoms with Gasteiger partial charge in [0.25, 0.3) is 11.8 Å². The molecule has 24 heavy (non-hydrogen) atoms. The summed E-state index contributed by atoms with van der Waals surface area (Å²) < 4.78 is 5.31. The Hall–Kier alpha value is -3.15. The van der Waals surface area contributed by atoms with Crippen molar-refractivity contribution in [2.75, 3.05) is 11.9 Å². The smallest absolute Gasteiger partial charge is 0.271 e. The summed E-state index contributed by atoms with van der Waals surface area (Å²) >= 11 is 0. The van der Waals surface area contributed by atoms with E-state index in [1.165, 1.54) is 0 Å². The third kappa shape index (κ3) is 3.43. The number of benzene rings is 2. The van der Waals surface area contributed by atoms with Crippen molar-refractivity contribution in [1.29, 1.82) is 0 Å². The van der Waals surface area contributed by atoms with Crippen LogP contribution in [0.4, 0.5) is 5.69 Å². The van der Waals surface area contributed by atoms with Gasteiger partial charge in [-0.05, 0) is 49.7 Å². The lowest BCUT2D eigenvalue weighted by molar-refractivity contribution is -0.118. The number of carbonyl (C=O) groups is 2. The molecule has 0 aromatic heterocycles. The Morgan fingerprint density at radius 3 is 2.62 bits per heavy atom. The summed E-state index contributed by atoms with van der Waals surface area (Å²) in [5.74, 6) is 0.153. The summed E-state index contributed by atoms with van der Waals surface area (Å²) in [6.07, 6.45) is 0. The molecule has 0 bridgehead atoms.